The smallest absolute Gasteiger partial charge is 0.126 e. The minimum atomic E-state index is -0.197. The second-order valence-corrected chi connectivity index (χ2v) is 5.31. The molecule has 1 aromatic rings. The van der Waals surface area contributed by atoms with Crippen LogP contribution in [0, 0.1) is 5.82 Å². The van der Waals surface area contributed by atoms with E-state index >= 15 is 0 Å². The van der Waals surface area contributed by atoms with Crippen LogP contribution in [-0.4, -0.2) is 25.8 Å². The molecule has 4 heteroatoms. The molecule has 19 heavy (non-hydrogen) atoms. The predicted octanol–water partition coefficient (Wildman–Crippen LogP) is 3.81. The van der Waals surface area contributed by atoms with Crippen LogP contribution < -0.4 is 5.32 Å². The molecular formula is C15H23ClFNO. The lowest BCUT2D eigenvalue weighted by Gasteiger charge is -2.22. The fourth-order valence-electron chi connectivity index (χ4n) is 2.05. The Labute approximate surface area is 120 Å². The van der Waals surface area contributed by atoms with Gasteiger partial charge in [-0.15, -0.1) is 0 Å². The van der Waals surface area contributed by atoms with Crippen molar-refractivity contribution < 1.29 is 9.13 Å². The monoisotopic (exact) mass is 287 g/mol. The topological polar surface area (TPSA) is 21.3 Å². The van der Waals surface area contributed by atoms with Crippen molar-refractivity contribution in [2.45, 2.75) is 45.3 Å². The Balaban J connectivity index is 2.71. The van der Waals surface area contributed by atoms with Crippen molar-refractivity contribution >= 4 is 11.6 Å². The molecule has 0 aliphatic heterocycles. The Hall–Kier alpha value is -0.640. The number of ether oxygens (including phenoxy) is 1. The van der Waals surface area contributed by atoms with Crippen LogP contribution in [0.25, 0.3) is 0 Å². The maximum absolute atomic E-state index is 13.8. The summed E-state index contributed by atoms with van der Waals surface area (Å²) in [6, 6.07) is 4.90. The number of halogens is 2. The highest BCUT2D eigenvalue weighted by Gasteiger charge is 2.15. The van der Waals surface area contributed by atoms with Crippen LogP contribution >= 0.6 is 11.6 Å². The van der Waals surface area contributed by atoms with Crippen molar-refractivity contribution in [3.05, 3.63) is 34.6 Å². The van der Waals surface area contributed by atoms with Gasteiger partial charge >= 0.3 is 0 Å². The van der Waals surface area contributed by atoms with Crippen LogP contribution in [0.3, 0.4) is 0 Å². The summed E-state index contributed by atoms with van der Waals surface area (Å²) in [5, 5.41) is 4.01. The van der Waals surface area contributed by atoms with Gasteiger partial charge in [-0.1, -0.05) is 18.5 Å². The summed E-state index contributed by atoms with van der Waals surface area (Å²) in [6.45, 7) is 5.06. The van der Waals surface area contributed by atoms with E-state index in [0.717, 1.165) is 19.4 Å². The van der Waals surface area contributed by atoms with E-state index in [0.29, 0.717) is 17.0 Å². The van der Waals surface area contributed by atoms with Gasteiger partial charge in [0.2, 0.25) is 0 Å². The van der Waals surface area contributed by atoms with E-state index in [9.17, 15) is 4.39 Å². The molecule has 0 aliphatic carbocycles. The molecule has 0 aliphatic rings. The number of hydrogen-bond acceptors (Lipinski definition) is 2. The van der Waals surface area contributed by atoms with Crippen molar-refractivity contribution in [2.75, 3.05) is 13.7 Å². The highest BCUT2D eigenvalue weighted by molar-refractivity contribution is 6.30. The molecule has 0 spiro atoms. The summed E-state index contributed by atoms with van der Waals surface area (Å²) in [6.07, 6.45) is 2.68. The molecular weight excluding hydrogens is 265 g/mol. The van der Waals surface area contributed by atoms with E-state index in [-0.39, 0.29) is 18.0 Å². The summed E-state index contributed by atoms with van der Waals surface area (Å²) in [4.78, 5) is 0. The molecule has 0 aromatic heterocycles. The maximum atomic E-state index is 13.8. The molecule has 0 fully saturated rings. The number of rotatable bonds is 8. The standard InChI is InChI=1S/C15H23ClFNO/c1-4-7-18-14(8-11(2)19-3)10-12-9-13(16)5-6-15(12)17/h5-6,9,11,14,18H,4,7-8,10H2,1-3H3. The molecule has 108 valence electrons. The lowest BCUT2D eigenvalue weighted by molar-refractivity contribution is 0.100. The van der Waals surface area contributed by atoms with E-state index in [1.54, 1.807) is 19.2 Å². The minimum Gasteiger partial charge on any atom is -0.382 e. The lowest BCUT2D eigenvalue weighted by Crippen LogP contribution is -2.35. The Morgan fingerprint density at radius 3 is 2.79 bits per heavy atom. The fraction of sp³-hybridized carbons (Fsp3) is 0.600. The van der Waals surface area contributed by atoms with Crippen molar-refractivity contribution in [1.29, 1.82) is 0 Å². The molecule has 0 bridgehead atoms. The van der Waals surface area contributed by atoms with Gasteiger partial charge in [-0.25, -0.2) is 4.39 Å². The summed E-state index contributed by atoms with van der Waals surface area (Å²) < 4.78 is 19.0. The van der Waals surface area contributed by atoms with Crippen LogP contribution in [0.5, 0.6) is 0 Å². The quantitative estimate of drug-likeness (QED) is 0.785. The average molecular weight is 288 g/mol. The van der Waals surface area contributed by atoms with Crippen molar-refractivity contribution in [1.82, 2.24) is 5.32 Å². The first-order valence-electron chi connectivity index (χ1n) is 6.76. The highest BCUT2D eigenvalue weighted by Crippen LogP contribution is 2.18. The van der Waals surface area contributed by atoms with E-state index in [1.165, 1.54) is 6.07 Å². The van der Waals surface area contributed by atoms with Crippen molar-refractivity contribution in [3.63, 3.8) is 0 Å². The van der Waals surface area contributed by atoms with Gasteiger partial charge in [0.15, 0.2) is 0 Å². The third-order valence-electron chi connectivity index (χ3n) is 3.18. The van der Waals surface area contributed by atoms with Gasteiger partial charge in [-0.2, -0.15) is 0 Å². The number of methoxy groups -OCH3 is 1. The van der Waals surface area contributed by atoms with Crippen molar-refractivity contribution in [2.24, 2.45) is 0 Å². The van der Waals surface area contributed by atoms with Gasteiger partial charge in [-0.3, -0.25) is 0 Å². The molecule has 0 radical (unpaired) electrons. The van der Waals surface area contributed by atoms with Crippen LogP contribution in [0.4, 0.5) is 4.39 Å². The average Bonchev–Trinajstić information content (AvgIpc) is 2.39. The van der Waals surface area contributed by atoms with Gasteiger partial charge in [-0.05, 0) is 56.5 Å². The Morgan fingerprint density at radius 2 is 2.16 bits per heavy atom. The van der Waals surface area contributed by atoms with Gasteiger partial charge in [0.1, 0.15) is 5.82 Å². The number of benzene rings is 1. The highest BCUT2D eigenvalue weighted by atomic mass is 35.5. The van der Waals surface area contributed by atoms with E-state index in [4.69, 9.17) is 16.3 Å². The molecule has 1 rings (SSSR count). The Bertz CT molecular complexity index is 386. The number of hydrogen-bond donors (Lipinski definition) is 1. The molecule has 0 saturated carbocycles. The first-order valence-corrected chi connectivity index (χ1v) is 7.14. The van der Waals surface area contributed by atoms with E-state index in [1.807, 2.05) is 6.92 Å². The third kappa shape index (κ3) is 5.89. The molecule has 1 aromatic carbocycles. The van der Waals surface area contributed by atoms with Crippen LogP contribution in [-0.2, 0) is 11.2 Å². The lowest BCUT2D eigenvalue weighted by atomic mass is 10.0. The Kier molecular flexibility index (Phi) is 7.36. The summed E-state index contributed by atoms with van der Waals surface area (Å²) in [5.41, 5.74) is 0.657. The van der Waals surface area contributed by atoms with E-state index < -0.39 is 0 Å². The summed E-state index contributed by atoms with van der Waals surface area (Å²) >= 11 is 5.93. The zero-order valence-electron chi connectivity index (χ0n) is 11.9. The molecule has 0 saturated heterocycles. The van der Waals surface area contributed by atoms with Crippen LogP contribution in [0.1, 0.15) is 32.3 Å². The SMILES string of the molecule is CCCNC(Cc1cc(Cl)ccc1F)CC(C)OC. The van der Waals surface area contributed by atoms with Gasteiger partial charge in [0, 0.05) is 18.2 Å². The van der Waals surface area contributed by atoms with Gasteiger partial charge in [0.05, 0.1) is 6.10 Å². The second kappa shape index (κ2) is 8.51. The normalized spacial score (nSPS) is 14.4. The predicted molar refractivity (Wildman–Crippen MR) is 78.3 cm³/mol. The summed E-state index contributed by atoms with van der Waals surface area (Å²) in [7, 11) is 1.70. The summed E-state index contributed by atoms with van der Waals surface area (Å²) in [5.74, 6) is -0.197. The van der Waals surface area contributed by atoms with Gasteiger partial charge in [0.25, 0.3) is 0 Å². The minimum absolute atomic E-state index is 0.150. The van der Waals surface area contributed by atoms with Crippen molar-refractivity contribution in [3.8, 4) is 0 Å². The second-order valence-electron chi connectivity index (χ2n) is 4.87. The molecule has 1 N–H and O–H groups in total. The molecule has 2 atom stereocenters. The molecule has 2 unspecified atom stereocenters. The molecule has 0 amide bonds. The molecule has 2 nitrogen and oxygen atoms in total. The maximum Gasteiger partial charge on any atom is 0.126 e. The zero-order chi connectivity index (χ0) is 14.3. The third-order valence-corrected chi connectivity index (χ3v) is 3.41. The van der Waals surface area contributed by atoms with Gasteiger partial charge < -0.3 is 10.1 Å². The number of nitrogens with one attached hydrogen (secondary N) is 1. The Morgan fingerprint density at radius 1 is 1.42 bits per heavy atom. The van der Waals surface area contributed by atoms with E-state index in [2.05, 4.69) is 12.2 Å². The largest absolute Gasteiger partial charge is 0.382 e. The fourth-order valence-corrected chi connectivity index (χ4v) is 2.24. The molecule has 0 heterocycles. The first-order chi connectivity index (χ1) is 9.06. The van der Waals surface area contributed by atoms with Crippen LogP contribution in [0.15, 0.2) is 18.2 Å². The first kappa shape index (κ1) is 16.4. The van der Waals surface area contributed by atoms with Crippen LogP contribution in [0.2, 0.25) is 5.02 Å². The zero-order valence-corrected chi connectivity index (χ0v) is 12.6.